The van der Waals surface area contributed by atoms with Gasteiger partial charge < -0.3 is 20.5 Å². The van der Waals surface area contributed by atoms with Gasteiger partial charge in [0.25, 0.3) is 0 Å². The zero-order valence-corrected chi connectivity index (χ0v) is 26.0. The Labute approximate surface area is 261 Å². The third-order valence-electron chi connectivity index (χ3n) is 7.97. The Morgan fingerprint density at radius 3 is 2.47 bits per heavy atom. The fraction of sp³-hybridized carbons (Fsp3) is 0.419. The minimum Gasteiger partial charge on any atom is -0.495 e. The van der Waals surface area contributed by atoms with E-state index in [9.17, 15) is 9.59 Å². The van der Waals surface area contributed by atoms with Crippen molar-refractivity contribution in [2.24, 2.45) is 5.73 Å². The number of nitrogens with two attached hydrogens (primary N) is 1. The van der Waals surface area contributed by atoms with Gasteiger partial charge in [0.1, 0.15) is 33.1 Å². The van der Waals surface area contributed by atoms with Crippen LogP contribution in [0, 0.1) is 0 Å². The predicted molar refractivity (Wildman–Crippen MR) is 169 cm³/mol. The molecule has 2 amide bonds. The number of ketones is 1. The number of anilines is 3. The fourth-order valence-corrected chi connectivity index (χ4v) is 6.30. The summed E-state index contributed by atoms with van der Waals surface area (Å²) in [5.41, 5.74) is 9.05. The van der Waals surface area contributed by atoms with Crippen LogP contribution in [0.4, 0.5) is 22.2 Å². The average Bonchev–Trinajstić information content (AvgIpc) is 3.00. The smallest absolute Gasteiger partial charge is 0.330 e. The number of nitrogens with zero attached hydrogens (tertiary/aromatic N) is 4. The van der Waals surface area contributed by atoms with Crippen LogP contribution >= 0.6 is 23.2 Å². The molecule has 228 valence electrons. The van der Waals surface area contributed by atoms with Gasteiger partial charge in [0.15, 0.2) is 0 Å². The molecule has 0 bridgehead atoms. The number of Topliss-reactive ketones (excluding diaryl/α,β-unsaturated/α-hetero) is 1. The molecular formula is C31H36Cl2N6O4. The van der Waals surface area contributed by atoms with Crippen LogP contribution < -0.4 is 30.3 Å². The Kier molecular flexibility index (Phi) is 9.59. The largest absolute Gasteiger partial charge is 0.495 e. The van der Waals surface area contributed by atoms with Crippen LogP contribution in [0.3, 0.4) is 0 Å². The number of ether oxygens (including phenoxy) is 2. The van der Waals surface area contributed by atoms with E-state index in [1.165, 1.54) is 19.1 Å². The summed E-state index contributed by atoms with van der Waals surface area (Å²) in [6.07, 6.45) is 6.54. The van der Waals surface area contributed by atoms with Crippen molar-refractivity contribution in [1.29, 1.82) is 0 Å². The maximum Gasteiger partial charge on any atom is 0.330 e. The maximum atomic E-state index is 14.4. The first-order valence-electron chi connectivity index (χ1n) is 14.4. The summed E-state index contributed by atoms with van der Waals surface area (Å²) in [5, 5.41) is 3.75. The average molecular weight is 628 g/mol. The molecule has 0 spiro atoms. The molecule has 1 aliphatic carbocycles. The standard InChI is InChI=1S/C31H36Cl2N6O4/c1-4-21(40)13-18-8-7-9-19(12-18)16-39-29-20(15-35-30(37-29)36-23-11-6-5-10-22(23)34)17-38(31(39)41)28-26(32)24(42-2)14-25(43-3)27(28)33/h7-9,12,14-15,22-23H,4-6,10-11,13,16-17,34H2,1-3H3,(H,35,36,37). The van der Waals surface area contributed by atoms with Crippen molar-refractivity contribution in [3.8, 4) is 11.5 Å². The molecule has 1 saturated carbocycles. The monoisotopic (exact) mass is 626 g/mol. The molecule has 5 rings (SSSR count). The zero-order chi connectivity index (χ0) is 30.7. The van der Waals surface area contributed by atoms with E-state index >= 15 is 0 Å². The first-order valence-corrected chi connectivity index (χ1v) is 15.2. The minimum atomic E-state index is -0.388. The van der Waals surface area contributed by atoms with Gasteiger partial charge in [-0.3, -0.25) is 14.6 Å². The first kappa shape index (κ1) is 30.8. The zero-order valence-electron chi connectivity index (χ0n) is 24.5. The molecule has 10 nitrogen and oxygen atoms in total. The van der Waals surface area contributed by atoms with Crippen molar-refractivity contribution in [3.63, 3.8) is 0 Å². The normalized spacial score (nSPS) is 18.3. The second-order valence-electron chi connectivity index (χ2n) is 10.8. The molecule has 0 radical (unpaired) electrons. The lowest BCUT2D eigenvalue weighted by atomic mass is 9.91. The van der Waals surface area contributed by atoms with Gasteiger partial charge in [0, 0.05) is 42.8 Å². The highest BCUT2D eigenvalue weighted by molar-refractivity contribution is 6.42. The van der Waals surface area contributed by atoms with Gasteiger partial charge in [-0.2, -0.15) is 4.98 Å². The van der Waals surface area contributed by atoms with Crippen LogP contribution in [-0.4, -0.2) is 48.1 Å². The molecule has 0 saturated heterocycles. The van der Waals surface area contributed by atoms with Crippen LogP contribution in [0.2, 0.25) is 10.0 Å². The molecule has 2 aliphatic rings. The number of rotatable bonds is 10. The summed E-state index contributed by atoms with van der Waals surface area (Å²) in [4.78, 5) is 39.0. The summed E-state index contributed by atoms with van der Waals surface area (Å²) in [6, 6.07) is 8.90. The van der Waals surface area contributed by atoms with Crippen molar-refractivity contribution in [1.82, 2.24) is 9.97 Å². The highest BCUT2D eigenvalue weighted by atomic mass is 35.5. The van der Waals surface area contributed by atoms with Gasteiger partial charge in [-0.05, 0) is 24.0 Å². The number of hydrogen-bond donors (Lipinski definition) is 2. The number of benzene rings is 2. The van der Waals surface area contributed by atoms with Gasteiger partial charge in [-0.1, -0.05) is 67.2 Å². The van der Waals surface area contributed by atoms with Crippen molar-refractivity contribution >= 4 is 52.5 Å². The molecule has 2 atom stereocenters. The lowest BCUT2D eigenvalue weighted by Crippen LogP contribution is -2.48. The molecule has 1 fully saturated rings. The molecule has 1 aliphatic heterocycles. The van der Waals surface area contributed by atoms with E-state index in [4.69, 9.17) is 43.4 Å². The van der Waals surface area contributed by atoms with E-state index in [0.29, 0.717) is 41.7 Å². The van der Waals surface area contributed by atoms with E-state index in [0.717, 1.165) is 36.8 Å². The molecule has 3 N–H and O–H groups in total. The minimum absolute atomic E-state index is 0.00232. The van der Waals surface area contributed by atoms with E-state index in [1.54, 1.807) is 17.2 Å². The van der Waals surface area contributed by atoms with Crippen molar-refractivity contribution in [2.45, 2.75) is 70.6 Å². The third-order valence-corrected chi connectivity index (χ3v) is 8.70. The summed E-state index contributed by atoms with van der Waals surface area (Å²) < 4.78 is 10.9. The Balaban J connectivity index is 1.56. The highest BCUT2D eigenvalue weighted by Crippen LogP contribution is 2.48. The van der Waals surface area contributed by atoms with Gasteiger partial charge in [0.2, 0.25) is 5.95 Å². The number of carbonyl (C=O) groups is 2. The molecule has 2 aromatic carbocycles. The van der Waals surface area contributed by atoms with Gasteiger partial charge in [-0.15, -0.1) is 0 Å². The SMILES string of the molecule is CCC(=O)Cc1cccc(CN2C(=O)N(c3c(Cl)c(OC)cc(OC)c3Cl)Cc3cnc(NC4CCCCC4N)nc32)c1. The number of methoxy groups -OCH3 is 2. The number of fused-ring (bicyclic) bond motifs is 1. The number of amides is 2. The lowest BCUT2D eigenvalue weighted by molar-refractivity contribution is -0.118. The van der Waals surface area contributed by atoms with Crippen molar-refractivity contribution < 1.29 is 19.1 Å². The maximum absolute atomic E-state index is 14.4. The summed E-state index contributed by atoms with van der Waals surface area (Å²) >= 11 is 13.5. The number of hydrogen-bond acceptors (Lipinski definition) is 8. The second-order valence-corrected chi connectivity index (χ2v) is 11.6. The van der Waals surface area contributed by atoms with Gasteiger partial charge in [-0.25, -0.2) is 9.78 Å². The van der Waals surface area contributed by atoms with Crippen LogP contribution in [0.5, 0.6) is 11.5 Å². The molecule has 43 heavy (non-hydrogen) atoms. The first-order chi connectivity index (χ1) is 20.7. The Morgan fingerprint density at radius 2 is 1.79 bits per heavy atom. The fourth-order valence-electron chi connectivity index (χ4n) is 5.59. The van der Waals surface area contributed by atoms with E-state index in [2.05, 4.69) is 10.3 Å². The Bertz CT molecular complexity index is 1490. The summed E-state index contributed by atoms with van der Waals surface area (Å²) in [6.45, 7) is 2.15. The molecular weight excluding hydrogens is 591 g/mol. The quantitative estimate of drug-likeness (QED) is 0.275. The number of nitrogens with one attached hydrogen (secondary N) is 1. The highest BCUT2D eigenvalue weighted by Gasteiger charge is 2.37. The van der Waals surface area contributed by atoms with E-state index in [-0.39, 0.29) is 52.7 Å². The van der Waals surface area contributed by atoms with Crippen LogP contribution in [-0.2, 0) is 24.3 Å². The number of halogens is 2. The number of aromatic nitrogens is 2. The van der Waals surface area contributed by atoms with Gasteiger partial charge in [0.05, 0.1) is 33.0 Å². The number of carbonyl (C=O) groups excluding carboxylic acids is 2. The van der Waals surface area contributed by atoms with Crippen LogP contribution in [0.15, 0.2) is 36.5 Å². The predicted octanol–water partition coefficient (Wildman–Crippen LogP) is 6.15. The topological polar surface area (TPSA) is 123 Å². The van der Waals surface area contributed by atoms with Crippen LogP contribution in [0.25, 0.3) is 0 Å². The molecule has 12 heteroatoms. The van der Waals surface area contributed by atoms with E-state index in [1.807, 2.05) is 31.2 Å². The summed E-state index contributed by atoms with van der Waals surface area (Å²) in [5.74, 6) is 1.66. The van der Waals surface area contributed by atoms with Gasteiger partial charge >= 0.3 is 6.03 Å². The summed E-state index contributed by atoms with van der Waals surface area (Å²) in [7, 11) is 2.96. The molecule has 2 unspecified atom stereocenters. The van der Waals surface area contributed by atoms with Crippen molar-refractivity contribution in [2.75, 3.05) is 29.3 Å². The lowest BCUT2D eigenvalue weighted by Gasteiger charge is -2.37. The molecule has 3 aromatic rings. The number of urea groups is 1. The van der Waals surface area contributed by atoms with Crippen LogP contribution in [0.1, 0.15) is 55.7 Å². The Hall–Kier alpha value is -3.60. The molecule has 2 heterocycles. The second kappa shape index (κ2) is 13.4. The third kappa shape index (κ3) is 6.51. The van der Waals surface area contributed by atoms with E-state index < -0.39 is 0 Å². The molecule has 1 aromatic heterocycles. The Morgan fingerprint density at radius 1 is 1.09 bits per heavy atom. The van der Waals surface area contributed by atoms with Crippen molar-refractivity contribution in [3.05, 3.63) is 63.3 Å².